The Balaban J connectivity index is 1.83. The average Bonchev–Trinajstić information content (AvgIpc) is 3.39. The van der Waals surface area contributed by atoms with Crippen molar-refractivity contribution in [3.63, 3.8) is 0 Å². The van der Waals surface area contributed by atoms with Crippen LogP contribution in [0.2, 0.25) is 5.02 Å². The summed E-state index contributed by atoms with van der Waals surface area (Å²) >= 11 is 7.49. The number of benzene rings is 1. The van der Waals surface area contributed by atoms with Gasteiger partial charge in [0.25, 0.3) is 11.6 Å². The first-order valence-corrected chi connectivity index (χ1v) is 10.5. The summed E-state index contributed by atoms with van der Waals surface area (Å²) in [5, 5.41) is 32.3. The maximum Gasteiger partial charge on any atom is 0.271 e. The van der Waals surface area contributed by atoms with Gasteiger partial charge in [-0.1, -0.05) is 36.3 Å². The van der Waals surface area contributed by atoms with Gasteiger partial charge in [0.2, 0.25) is 5.13 Å². The van der Waals surface area contributed by atoms with Crippen LogP contribution in [0, 0.1) is 21.4 Å². The summed E-state index contributed by atoms with van der Waals surface area (Å²) in [5.74, 6) is -0.608. The van der Waals surface area contributed by atoms with Crippen LogP contribution in [-0.2, 0) is 11.2 Å². The van der Waals surface area contributed by atoms with E-state index in [1.54, 1.807) is 22.9 Å². The van der Waals surface area contributed by atoms with Crippen molar-refractivity contribution in [2.45, 2.75) is 26.2 Å². The molecule has 0 saturated carbocycles. The number of amides is 1. The van der Waals surface area contributed by atoms with Gasteiger partial charge in [-0.2, -0.15) is 5.26 Å². The number of halogens is 1. The van der Waals surface area contributed by atoms with E-state index in [2.05, 4.69) is 22.4 Å². The van der Waals surface area contributed by atoms with Crippen molar-refractivity contribution in [3.05, 3.63) is 67.9 Å². The number of nitro groups is 1. The van der Waals surface area contributed by atoms with Crippen molar-refractivity contribution in [2.75, 3.05) is 5.32 Å². The minimum absolute atomic E-state index is 0.134. The molecule has 9 nitrogen and oxygen atoms in total. The molecule has 2 aromatic heterocycles. The number of nitrogens with zero attached hydrogens (tertiary/aromatic N) is 5. The molecule has 0 saturated heterocycles. The van der Waals surface area contributed by atoms with E-state index in [0.717, 1.165) is 24.3 Å². The highest BCUT2D eigenvalue weighted by molar-refractivity contribution is 7.15. The molecule has 1 amide bonds. The molecular formula is C20H17ClN6O3S. The fraction of sp³-hybridized carbons (Fsp3) is 0.200. The highest BCUT2D eigenvalue weighted by Crippen LogP contribution is 2.27. The molecule has 1 aromatic carbocycles. The number of rotatable bonds is 8. The molecule has 0 unspecified atom stereocenters. The summed E-state index contributed by atoms with van der Waals surface area (Å²) in [6.07, 6.45) is 5.88. The Bertz CT molecular complexity index is 1190. The number of nitro benzene ring substituents is 1. The van der Waals surface area contributed by atoms with Crippen LogP contribution in [0.1, 0.15) is 30.5 Å². The van der Waals surface area contributed by atoms with Crippen LogP contribution in [0.5, 0.6) is 0 Å². The minimum atomic E-state index is -0.608. The van der Waals surface area contributed by atoms with Gasteiger partial charge in [-0.3, -0.25) is 20.2 Å². The van der Waals surface area contributed by atoms with Crippen LogP contribution >= 0.6 is 22.9 Å². The third-order valence-electron chi connectivity index (χ3n) is 4.27. The Labute approximate surface area is 186 Å². The van der Waals surface area contributed by atoms with Crippen LogP contribution in [0.3, 0.4) is 0 Å². The number of carbonyl (C=O) groups excluding carboxylic acids is 1. The van der Waals surface area contributed by atoms with E-state index in [9.17, 15) is 20.2 Å². The van der Waals surface area contributed by atoms with E-state index >= 15 is 0 Å². The van der Waals surface area contributed by atoms with E-state index in [-0.39, 0.29) is 16.3 Å². The van der Waals surface area contributed by atoms with Crippen molar-refractivity contribution < 1.29 is 9.72 Å². The van der Waals surface area contributed by atoms with E-state index < -0.39 is 10.8 Å². The lowest BCUT2D eigenvalue weighted by atomic mass is 10.2. The third-order valence-corrected chi connectivity index (χ3v) is 5.47. The molecule has 0 atom stereocenters. The van der Waals surface area contributed by atoms with Crippen LogP contribution in [0.15, 0.2) is 42.1 Å². The molecule has 31 heavy (non-hydrogen) atoms. The first-order chi connectivity index (χ1) is 14.9. The van der Waals surface area contributed by atoms with Crippen LogP contribution in [0.25, 0.3) is 11.8 Å². The molecule has 0 aliphatic carbocycles. The molecular weight excluding hydrogens is 440 g/mol. The summed E-state index contributed by atoms with van der Waals surface area (Å²) in [6.45, 7) is 2.08. The molecule has 3 aromatic rings. The second-order valence-electron chi connectivity index (χ2n) is 6.42. The fourth-order valence-corrected chi connectivity index (χ4v) is 3.77. The smallest absolute Gasteiger partial charge is 0.271 e. The van der Waals surface area contributed by atoms with Gasteiger partial charge in [-0.25, -0.2) is 0 Å². The summed E-state index contributed by atoms with van der Waals surface area (Å²) in [4.78, 5) is 22.9. The van der Waals surface area contributed by atoms with Gasteiger partial charge in [-0.05, 0) is 30.7 Å². The minimum Gasteiger partial charge on any atom is -0.316 e. The third kappa shape index (κ3) is 5.33. The molecule has 3 rings (SSSR count). The average molecular weight is 457 g/mol. The van der Waals surface area contributed by atoms with Crippen LogP contribution in [-0.4, -0.2) is 25.6 Å². The van der Waals surface area contributed by atoms with Gasteiger partial charge >= 0.3 is 0 Å². The second-order valence-corrected chi connectivity index (χ2v) is 7.89. The Morgan fingerprint density at radius 3 is 2.90 bits per heavy atom. The fourth-order valence-electron chi connectivity index (χ4n) is 2.73. The van der Waals surface area contributed by atoms with Gasteiger partial charge in [-0.15, -0.1) is 10.2 Å². The predicted molar refractivity (Wildman–Crippen MR) is 118 cm³/mol. The van der Waals surface area contributed by atoms with E-state index in [0.29, 0.717) is 16.5 Å². The Hall–Kier alpha value is -3.55. The van der Waals surface area contributed by atoms with E-state index in [1.807, 2.05) is 6.07 Å². The van der Waals surface area contributed by atoms with Gasteiger partial charge in [0.05, 0.1) is 15.6 Å². The normalized spacial score (nSPS) is 11.2. The number of unbranched alkanes of at least 4 members (excludes halogenated alkanes) is 1. The van der Waals surface area contributed by atoms with Gasteiger partial charge in [0.1, 0.15) is 16.6 Å². The number of hydrogen-bond donors (Lipinski definition) is 1. The molecule has 0 spiro atoms. The number of nitrogens with one attached hydrogen (secondary N) is 1. The summed E-state index contributed by atoms with van der Waals surface area (Å²) in [5.41, 5.74) is 0.711. The summed E-state index contributed by atoms with van der Waals surface area (Å²) < 4.78 is 1.63. The monoisotopic (exact) mass is 456 g/mol. The Morgan fingerprint density at radius 1 is 1.42 bits per heavy atom. The van der Waals surface area contributed by atoms with E-state index in [1.165, 1.54) is 35.6 Å². The second kappa shape index (κ2) is 9.97. The number of carbonyl (C=O) groups is 1. The zero-order valence-electron chi connectivity index (χ0n) is 16.4. The molecule has 0 bridgehead atoms. The SMILES string of the molecule is CCCCc1nnc(NC(=O)/C(C#N)=C\c2cccn2-c2ccc([N+](=O)[O-])cc2Cl)s1. The number of hydrogen-bond acceptors (Lipinski definition) is 7. The van der Waals surface area contributed by atoms with E-state index in [4.69, 9.17) is 11.6 Å². The molecule has 11 heteroatoms. The zero-order chi connectivity index (χ0) is 22.4. The molecule has 0 aliphatic heterocycles. The number of aryl methyl sites for hydroxylation is 1. The maximum atomic E-state index is 12.6. The van der Waals surface area contributed by atoms with Crippen LogP contribution in [0.4, 0.5) is 10.8 Å². The quantitative estimate of drug-likeness (QED) is 0.225. The largest absolute Gasteiger partial charge is 0.316 e. The number of anilines is 1. The molecule has 158 valence electrons. The van der Waals surface area contributed by atoms with Crippen molar-refractivity contribution in [3.8, 4) is 11.8 Å². The molecule has 0 fully saturated rings. The van der Waals surface area contributed by atoms with Crippen molar-refractivity contribution in [1.82, 2.24) is 14.8 Å². The summed E-state index contributed by atoms with van der Waals surface area (Å²) in [6, 6.07) is 9.37. The highest BCUT2D eigenvalue weighted by atomic mass is 35.5. The molecule has 0 aliphatic rings. The lowest BCUT2D eigenvalue weighted by Crippen LogP contribution is -2.13. The van der Waals surface area contributed by atoms with Crippen molar-refractivity contribution in [2.24, 2.45) is 0 Å². The summed E-state index contributed by atoms with van der Waals surface area (Å²) in [7, 11) is 0. The first kappa shape index (κ1) is 22.1. The number of nitriles is 1. The topological polar surface area (TPSA) is 127 Å². The Morgan fingerprint density at radius 2 is 2.23 bits per heavy atom. The highest BCUT2D eigenvalue weighted by Gasteiger charge is 2.16. The lowest BCUT2D eigenvalue weighted by Gasteiger charge is -2.09. The van der Waals surface area contributed by atoms with Gasteiger partial charge in [0.15, 0.2) is 0 Å². The van der Waals surface area contributed by atoms with Gasteiger partial charge in [0, 0.05) is 30.4 Å². The lowest BCUT2D eigenvalue weighted by molar-refractivity contribution is -0.384. The molecule has 1 N–H and O–H groups in total. The van der Waals surface area contributed by atoms with Crippen molar-refractivity contribution in [1.29, 1.82) is 5.26 Å². The van der Waals surface area contributed by atoms with Gasteiger partial charge < -0.3 is 4.57 Å². The first-order valence-electron chi connectivity index (χ1n) is 9.30. The Kier molecular flexibility index (Phi) is 7.12. The number of non-ortho nitro benzene ring substituents is 1. The standard InChI is InChI=1S/C20H17ClN6O3S/c1-2-3-6-18-24-25-20(31-18)23-19(28)13(12-22)10-14-5-4-9-26(14)17-8-7-15(27(29)30)11-16(17)21/h4-5,7-11H,2-3,6H2,1H3,(H,23,25,28)/b13-10-. The molecule has 0 radical (unpaired) electrons. The zero-order valence-corrected chi connectivity index (χ0v) is 18.0. The number of aromatic nitrogens is 3. The predicted octanol–water partition coefficient (Wildman–Crippen LogP) is 4.78. The van der Waals surface area contributed by atoms with Crippen LogP contribution < -0.4 is 5.32 Å². The molecule has 2 heterocycles. The maximum absolute atomic E-state index is 12.6. The van der Waals surface area contributed by atoms with Crippen molar-refractivity contribution >= 4 is 45.7 Å².